The fourth-order valence-electron chi connectivity index (χ4n) is 1.41. The molecule has 4 nitrogen and oxygen atoms in total. The zero-order valence-corrected chi connectivity index (χ0v) is 12.5. The molecule has 0 radical (unpaired) electrons. The molecule has 1 aromatic rings. The van der Waals surface area contributed by atoms with Crippen LogP contribution in [0.25, 0.3) is 0 Å². The highest BCUT2D eigenvalue weighted by molar-refractivity contribution is 9.10. The maximum absolute atomic E-state index is 11.7. The Balaban J connectivity index is 0.00000256. The van der Waals surface area contributed by atoms with Crippen molar-refractivity contribution in [2.24, 2.45) is 7.05 Å². The topological polar surface area (TPSA) is 46.1 Å². The summed E-state index contributed by atoms with van der Waals surface area (Å²) in [5.41, 5.74) is 0.669. The summed E-state index contributed by atoms with van der Waals surface area (Å²) in [6.07, 6.45) is 2.98. The van der Waals surface area contributed by atoms with Gasteiger partial charge in [-0.2, -0.15) is 0 Å². The van der Waals surface area contributed by atoms with E-state index in [1.807, 2.05) is 19.3 Å². The van der Waals surface area contributed by atoms with Gasteiger partial charge < -0.3 is 15.2 Å². The van der Waals surface area contributed by atoms with E-state index in [-0.39, 0.29) is 18.3 Å². The molecule has 6 heteroatoms. The van der Waals surface area contributed by atoms with Gasteiger partial charge in [-0.15, -0.1) is 12.4 Å². The van der Waals surface area contributed by atoms with Gasteiger partial charge in [-0.1, -0.05) is 6.92 Å². The largest absolute Gasteiger partial charge is 0.349 e. The smallest absolute Gasteiger partial charge is 0.267 e. The van der Waals surface area contributed by atoms with Crippen molar-refractivity contribution < 1.29 is 4.79 Å². The molecule has 1 aromatic heterocycles. The SMILES string of the molecule is CCCNCCNC(=O)c1cc(Br)cn1C.Cl. The molecule has 98 valence electrons. The number of aryl methyl sites for hydroxylation is 1. The molecule has 1 amide bonds. The predicted molar refractivity (Wildman–Crippen MR) is 75.9 cm³/mol. The first-order chi connectivity index (χ1) is 7.65. The van der Waals surface area contributed by atoms with Crippen molar-refractivity contribution in [2.75, 3.05) is 19.6 Å². The second kappa shape index (κ2) is 8.55. The van der Waals surface area contributed by atoms with Gasteiger partial charge in [0.05, 0.1) is 0 Å². The molecule has 0 saturated heterocycles. The first-order valence-corrected chi connectivity index (χ1v) is 6.25. The molecule has 0 fully saturated rings. The molecule has 1 heterocycles. The van der Waals surface area contributed by atoms with Crippen LogP contribution in [0, 0.1) is 0 Å². The van der Waals surface area contributed by atoms with E-state index in [0.29, 0.717) is 12.2 Å². The van der Waals surface area contributed by atoms with Gasteiger partial charge in [0, 0.05) is 30.8 Å². The number of rotatable bonds is 6. The van der Waals surface area contributed by atoms with Gasteiger partial charge in [0.25, 0.3) is 5.91 Å². The van der Waals surface area contributed by atoms with Gasteiger partial charge >= 0.3 is 0 Å². The van der Waals surface area contributed by atoms with Crippen molar-refractivity contribution in [3.63, 3.8) is 0 Å². The number of hydrogen-bond donors (Lipinski definition) is 2. The van der Waals surface area contributed by atoms with Crippen LogP contribution in [0.15, 0.2) is 16.7 Å². The first-order valence-electron chi connectivity index (χ1n) is 5.46. The van der Waals surface area contributed by atoms with Gasteiger partial charge in [-0.3, -0.25) is 4.79 Å². The maximum atomic E-state index is 11.7. The minimum absolute atomic E-state index is 0. The minimum Gasteiger partial charge on any atom is -0.349 e. The summed E-state index contributed by atoms with van der Waals surface area (Å²) in [5, 5.41) is 6.10. The Bertz CT molecular complexity index is 354. The highest BCUT2D eigenvalue weighted by Crippen LogP contribution is 2.13. The van der Waals surface area contributed by atoms with Crippen LogP contribution in [0.1, 0.15) is 23.8 Å². The lowest BCUT2D eigenvalue weighted by molar-refractivity contribution is 0.0946. The number of aromatic nitrogens is 1. The van der Waals surface area contributed by atoms with E-state index in [1.165, 1.54) is 0 Å². The van der Waals surface area contributed by atoms with Gasteiger partial charge in [0.2, 0.25) is 0 Å². The van der Waals surface area contributed by atoms with Crippen LogP contribution < -0.4 is 10.6 Å². The molecule has 0 unspecified atom stereocenters. The highest BCUT2D eigenvalue weighted by Gasteiger charge is 2.09. The summed E-state index contributed by atoms with van der Waals surface area (Å²) in [7, 11) is 1.86. The average Bonchev–Trinajstić information content (AvgIpc) is 2.57. The van der Waals surface area contributed by atoms with Crippen LogP contribution >= 0.6 is 28.3 Å². The quantitative estimate of drug-likeness (QED) is 0.786. The molecular weight excluding hydrogens is 305 g/mol. The zero-order chi connectivity index (χ0) is 12.0. The summed E-state index contributed by atoms with van der Waals surface area (Å²) >= 11 is 3.34. The van der Waals surface area contributed by atoms with Crippen molar-refractivity contribution in [3.8, 4) is 0 Å². The molecule has 0 aliphatic heterocycles. The van der Waals surface area contributed by atoms with E-state index in [0.717, 1.165) is 24.0 Å². The highest BCUT2D eigenvalue weighted by atomic mass is 79.9. The van der Waals surface area contributed by atoms with Crippen molar-refractivity contribution in [3.05, 3.63) is 22.4 Å². The lowest BCUT2D eigenvalue weighted by Crippen LogP contribution is -2.32. The Morgan fingerprint density at radius 1 is 1.41 bits per heavy atom. The van der Waals surface area contributed by atoms with Crippen LogP contribution in [0.3, 0.4) is 0 Å². The van der Waals surface area contributed by atoms with Crippen molar-refractivity contribution in [2.45, 2.75) is 13.3 Å². The molecule has 0 aromatic carbocycles. The molecule has 0 aliphatic carbocycles. The number of hydrogen-bond acceptors (Lipinski definition) is 2. The average molecular weight is 325 g/mol. The molecule has 0 aliphatic rings. The van der Waals surface area contributed by atoms with Crippen molar-refractivity contribution in [1.82, 2.24) is 15.2 Å². The number of nitrogens with zero attached hydrogens (tertiary/aromatic N) is 1. The Hall–Kier alpha value is -0.520. The number of carbonyl (C=O) groups excluding carboxylic acids is 1. The maximum Gasteiger partial charge on any atom is 0.267 e. The lowest BCUT2D eigenvalue weighted by atomic mass is 10.4. The van der Waals surface area contributed by atoms with Crippen molar-refractivity contribution >= 4 is 34.2 Å². The second-order valence-electron chi connectivity index (χ2n) is 3.66. The molecule has 17 heavy (non-hydrogen) atoms. The van der Waals surface area contributed by atoms with Gasteiger partial charge in [-0.05, 0) is 35.0 Å². The molecule has 1 rings (SSSR count). The molecule has 0 bridgehead atoms. The number of carbonyl (C=O) groups is 1. The number of halogens is 2. The normalized spacial score (nSPS) is 9.82. The Kier molecular flexibility index (Phi) is 8.29. The fraction of sp³-hybridized carbons (Fsp3) is 0.545. The molecular formula is C11H19BrClN3O. The third kappa shape index (κ3) is 5.57. The number of nitrogens with one attached hydrogen (secondary N) is 2. The van der Waals surface area contributed by atoms with Crippen LogP contribution in [-0.2, 0) is 7.05 Å². The minimum atomic E-state index is -0.0356. The van der Waals surface area contributed by atoms with Gasteiger partial charge in [0.1, 0.15) is 5.69 Å². The van der Waals surface area contributed by atoms with Gasteiger partial charge in [-0.25, -0.2) is 0 Å². The van der Waals surface area contributed by atoms with E-state index >= 15 is 0 Å². The second-order valence-corrected chi connectivity index (χ2v) is 4.58. The third-order valence-corrected chi connectivity index (χ3v) is 2.65. The van der Waals surface area contributed by atoms with E-state index in [9.17, 15) is 4.79 Å². The lowest BCUT2D eigenvalue weighted by Gasteiger charge is -2.06. The number of amides is 1. The zero-order valence-electron chi connectivity index (χ0n) is 10.1. The summed E-state index contributed by atoms with van der Waals surface area (Å²) in [4.78, 5) is 11.7. The predicted octanol–water partition coefficient (Wildman–Crippen LogP) is 1.94. The van der Waals surface area contributed by atoms with Crippen LogP contribution in [0.2, 0.25) is 0 Å². The summed E-state index contributed by atoms with van der Waals surface area (Å²) in [6.45, 7) is 4.57. The Morgan fingerprint density at radius 2 is 2.12 bits per heavy atom. The molecule has 0 atom stereocenters. The van der Waals surface area contributed by atoms with E-state index in [4.69, 9.17) is 0 Å². The Labute approximate surface area is 117 Å². The molecule has 2 N–H and O–H groups in total. The van der Waals surface area contributed by atoms with Gasteiger partial charge in [0.15, 0.2) is 0 Å². The summed E-state index contributed by atoms with van der Waals surface area (Å²) < 4.78 is 2.73. The van der Waals surface area contributed by atoms with Crippen LogP contribution in [0.4, 0.5) is 0 Å². The van der Waals surface area contributed by atoms with E-state index in [2.05, 4.69) is 33.5 Å². The Morgan fingerprint density at radius 3 is 2.65 bits per heavy atom. The monoisotopic (exact) mass is 323 g/mol. The summed E-state index contributed by atoms with van der Waals surface area (Å²) in [6, 6.07) is 1.81. The third-order valence-electron chi connectivity index (χ3n) is 2.22. The molecule has 0 saturated carbocycles. The van der Waals surface area contributed by atoms with Crippen LogP contribution in [-0.4, -0.2) is 30.1 Å². The first kappa shape index (κ1) is 16.5. The van der Waals surface area contributed by atoms with E-state index < -0.39 is 0 Å². The van der Waals surface area contributed by atoms with Crippen molar-refractivity contribution in [1.29, 1.82) is 0 Å². The van der Waals surface area contributed by atoms with Crippen LogP contribution in [0.5, 0.6) is 0 Å². The van der Waals surface area contributed by atoms with E-state index in [1.54, 1.807) is 4.57 Å². The molecule has 0 spiro atoms. The fourth-order valence-corrected chi connectivity index (χ4v) is 1.93. The standard InChI is InChI=1S/C11H18BrN3O.ClH/c1-3-4-13-5-6-14-11(16)10-7-9(12)8-15(10)2;/h7-8,13H,3-6H2,1-2H3,(H,14,16);1H. The summed E-state index contributed by atoms with van der Waals surface area (Å²) in [5.74, 6) is -0.0356.